The van der Waals surface area contributed by atoms with Gasteiger partial charge in [-0.1, -0.05) is 0 Å². The molecule has 6 heteroatoms. The van der Waals surface area contributed by atoms with Crippen LogP contribution < -0.4 is 5.32 Å². The average Bonchev–Trinajstić information content (AvgIpc) is 3.15. The monoisotopic (exact) mass is 343 g/mol. The molecule has 0 bridgehead atoms. The molecule has 2 amide bonds. The van der Waals surface area contributed by atoms with Crippen LogP contribution in [0.25, 0.3) is 0 Å². The number of thiophene rings is 1. The fourth-order valence-corrected chi connectivity index (χ4v) is 4.40. The molecule has 2 aromatic heterocycles. The van der Waals surface area contributed by atoms with E-state index < -0.39 is 0 Å². The molecule has 0 atom stereocenters. The Morgan fingerprint density at radius 1 is 1.38 bits per heavy atom. The van der Waals surface area contributed by atoms with Gasteiger partial charge in [-0.25, -0.2) is 0 Å². The number of nitrogens with zero attached hydrogens (tertiary/aromatic N) is 2. The second-order valence-corrected chi connectivity index (χ2v) is 7.56. The molecule has 126 valence electrons. The van der Waals surface area contributed by atoms with Gasteiger partial charge < -0.3 is 14.8 Å². The van der Waals surface area contributed by atoms with Crippen LogP contribution in [0.1, 0.15) is 56.4 Å². The zero-order valence-corrected chi connectivity index (χ0v) is 14.6. The average molecular weight is 343 g/mol. The summed E-state index contributed by atoms with van der Waals surface area (Å²) < 4.78 is 2.12. The Morgan fingerprint density at radius 3 is 2.96 bits per heavy atom. The van der Waals surface area contributed by atoms with E-state index in [1.807, 2.05) is 36.2 Å². The molecule has 0 radical (unpaired) electrons. The van der Waals surface area contributed by atoms with Crippen LogP contribution in [0.5, 0.6) is 0 Å². The first-order valence-corrected chi connectivity index (χ1v) is 9.35. The Balaban J connectivity index is 1.52. The van der Waals surface area contributed by atoms with Crippen LogP contribution in [-0.2, 0) is 13.0 Å². The quantitative estimate of drug-likeness (QED) is 0.928. The molecule has 0 aromatic carbocycles. The maximum absolute atomic E-state index is 12.9. The molecule has 2 aromatic rings. The largest absolute Gasteiger partial charge is 0.352 e. The second kappa shape index (κ2) is 6.09. The summed E-state index contributed by atoms with van der Waals surface area (Å²) in [4.78, 5) is 28.7. The van der Waals surface area contributed by atoms with Gasteiger partial charge in [0.1, 0.15) is 5.69 Å². The number of rotatable bonds is 4. The van der Waals surface area contributed by atoms with Crippen LogP contribution in [-0.4, -0.2) is 34.4 Å². The number of hydrogen-bond donors (Lipinski definition) is 1. The number of nitrogens with one attached hydrogen (secondary N) is 1. The van der Waals surface area contributed by atoms with E-state index in [-0.39, 0.29) is 11.8 Å². The predicted octanol–water partition coefficient (Wildman–Crippen LogP) is 2.83. The van der Waals surface area contributed by atoms with Crippen LogP contribution in [0, 0.1) is 0 Å². The van der Waals surface area contributed by atoms with E-state index in [0.717, 1.165) is 21.9 Å². The molecule has 3 heterocycles. The molecule has 1 aliphatic heterocycles. The van der Waals surface area contributed by atoms with Crippen molar-refractivity contribution in [1.29, 1.82) is 0 Å². The lowest BCUT2D eigenvalue weighted by Gasteiger charge is -2.27. The van der Waals surface area contributed by atoms with Gasteiger partial charge in [-0.05, 0) is 49.9 Å². The van der Waals surface area contributed by atoms with Gasteiger partial charge in [-0.15, -0.1) is 11.3 Å². The fourth-order valence-electron chi connectivity index (χ4n) is 3.26. The summed E-state index contributed by atoms with van der Waals surface area (Å²) in [6.45, 7) is 3.87. The molecule has 1 aliphatic carbocycles. The highest BCUT2D eigenvalue weighted by Crippen LogP contribution is 2.36. The highest BCUT2D eigenvalue weighted by atomic mass is 32.1. The molecule has 24 heavy (non-hydrogen) atoms. The van der Waals surface area contributed by atoms with E-state index in [9.17, 15) is 9.59 Å². The number of fused-ring (bicyclic) bond motifs is 1. The standard InChI is InChI=1S/C18H21N3O2S/c1-2-19-17(22)15-10-12-7-9-20(11-16(12)24-15)18(23)14-4-3-8-21(14)13-5-6-13/h3-4,8,10,13H,2,5-7,9,11H2,1H3,(H,19,22). The fraction of sp³-hybridized carbons (Fsp3) is 0.444. The topological polar surface area (TPSA) is 54.3 Å². The van der Waals surface area contributed by atoms with Gasteiger partial charge >= 0.3 is 0 Å². The Kier molecular flexibility index (Phi) is 3.92. The van der Waals surface area contributed by atoms with Crippen LogP contribution >= 0.6 is 11.3 Å². The van der Waals surface area contributed by atoms with Crippen LogP contribution in [0.2, 0.25) is 0 Å². The predicted molar refractivity (Wildman–Crippen MR) is 93.5 cm³/mol. The molecule has 5 nitrogen and oxygen atoms in total. The summed E-state index contributed by atoms with van der Waals surface area (Å²) >= 11 is 1.51. The first kappa shape index (κ1) is 15.4. The Morgan fingerprint density at radius 2 is 2.21 bits per heavy atom. The van der Waals surface area contributed by atoms with Crippen molar-refractivity contribution in [3.63, 3.8) is 0 Å². The molecule has 2 aliphatic rings. The van der Waals surface area contributed by atoms with Crippen LogP contribution in [0.4, 0.5) is 0 Å². The summed E-state index contributed by atoms with van der Waals surface area (Å²) in [6, 6.07) is 6.37. The Labute approximate surface area is 145 Å². The summed E-state index contributed by atoms with van der Waals surface area (Å²) in [5, 5.41) is 2.84. The minimum absolute atomic E-state index is 0.0163. The van der Waals surface area contributed by atoms with Gasteiger partial charge in [0.15, 0.2) is 0 Å². The summed E-state index contributed by atoms with van der Waals surface area (Å²) in [5.41, 5.74) is 2.00. The minimum Gasteiger partial charge on any atom is -0.352 e. The normalized spacial score (nSPS) is 16.8. The summed E-state index contributed by atoms with van der Waals surface area (Å²) in [6.07, 6.45) is 5.17. The third-order valence-corrected chi connectivity index (χ3v) is 5.83. The minimum atomic E-state index is -0.0163. The number of aromatic nitrogens is 1. The van der Waals surface area contributed by atoms with Gasteiger partial charge in [-0.3, -0.25) is 9.59 Å². The van der Waals surface area contributed by atoms with Crippen molar-refractivity contribution in [3.05, 3.63) is 45.4 Å². The molecular weight excluding hydrogens is 322 g/mol. The number of hydrogen-bond acceptors (Lipinski definition) is 3. The van der Waals surface area contributed by atoms with Crippen LogP contribution in [0.3, 0.4) is 0 Å². The van der Waals surface area contributed by atoms with E-state index in [0.29, 0.717) is 25.7 Å². The molecule has 1 N–H and O–H groups in total. The maximum Gasteiger partial charge on any atom is 0.270 e. The lowest BCUT2D eigenvalue weighted by Crippen LogP contribution is -2.36. The van der Waals surface area contributed by atoms with Crippen molar-refractivity contribution >= 4 is 23.2 Å². The lowest BCUT2D eigenvalue weighted by atomic mass is 10.1. The Hall–Kier alpha value is -2.08. The van der Waals surface area contributed by atoms with Gasteiger partial charge in [0, 0.05) is 30.2 Å². The number of carbonyl (C=O) groups excluding carboxylic acids is 2. The first-order chi connectivity index (χ1) is 11.7. The van der Waals surface area contributed by atoms with E-state index in [1.54, 1.807) is 0 Å². The Bertz CT molecular complexity index is 788. The van der Waals surface area contributed by atoms with Crippen molar-refractivity contribution < 1.29 is 9.59 Å². The first-order valence-electron chi connectivity index (χ1n) is 8.53. The highest BCUT2D eigenvalue weighted by molar-refractivity contribution is 7.14. The zero-order chi connectivity index (χ0) is 16.7. The molecule has 1 fully saturated rings. The van der Waals surface area contributed by atoms with Gasteiger partial charge in [0.05, 0.1) is 11.4 Å². The SMILES string of the molecule is CCNC(=O)c1cc2c(s1)CN(C(=O)c1cccn1C1CC1)CC2. The third kappa shape index (κ3) is 2.75. The smallest absolute Gasteiger partial charge is 0.270 e. The van der Waals surface area contributed by atoms with Crippen molar-refractivity contribution in [2.24, 2.45) is 0 Å². The molecule has 0 saturated heterocycles. The summed E-state index contributed by atoms with van der Waals surface area (Å²) in [5.74, 6) is 0.0860. The van der Waals surface area contributed by atoms with E-state index in [2.05, 4.69) is 9.88 Å². The van der Waals surface area contributed by atoms with E-state index in [1.165, 1.54) is 29.7 Å². The number of carbonyl (C=O) groups is 2. The van der Waals surface area contributed by atoms with E-state index >= 15 is 0 Å². The molecule has 4 rings (SSSR count). The molecule has 1 saturated carbocycles. The molecule has 0 unspecified atom stereocenters. The van der Waals surface area contributed by atoms with Gasteiger partial charge in [0.2, 0.25) is 0 Å². The summed E-state index contributed by atoms with van der Waals surface area (Å²) in [7, 11) is 0. The molecular formula is C18H21N3O2S. The van der Waals surface area contributed by atoms with Crippen molar-refractivity contribution in [2.45, 2.75) is 38.8 Å². The molecule has 0 spiro atoms. The second-order valence-electron chi connectivity index (χ2n) is 6.43. The third-order valence-electron chi connectivity index (χ3n) is 4.67. The lowest BCUT2D eigenvalue weighted by molar-refractivity contribution is 0.0725. The zero-order valence-electron chi connectivity index (χ0n) is 13.7. The van der Waals surface area contributed by atoms with Crippen molar-refractivity contribution in [1.82, 2.24) is 14.8 Å². The number of amides is 2. The van der Waals surface area contributed by atoms with Crippen LogP contribution in [0.15, 0.2) is 24.4 Å². The van der Waals surface area contributed by atoms with Crippen molar-refractivity contribution in [2.75, 3.05) is 13.1 Å². The highest BCUT2D eigenvalue weighted by Gasteiger charge is 2.30. The van der Waals surface area contributed by atoms with Crippen molar-refractivity contribution in [3.8, 4) is 0 Å². The van der Waals surface area contributed by atoms with Gasteiger partial charge in [0.25, 0.3) is 11.8 Å². The van der Waals surface area contributed by atoms with Gasteiger partial charge in [-0.2, -0.15) is 0 Å². The van der Waals surface area contributed by atoms with E-state index in [4.69, 9.17) is 0 Å². The maximum atomic E-state index is 12.9.